The number of hydrogen-bond acceptors (Lipinski definition) is 4. The summed E-state index contributed by atoms with van der Waals surface area (Å²) in [4.78, 5) is 2.68. The van der Waals surface area contributed by atoms with Crippen LogP contribution in [0.3, 0.4) is 0 Å². The van der Waals surface area contributed by atoms with Gasteiger partial charge in [0.15, 0.2) is 0 Å². The van der Waals surface area contributed by atoms with Gasteiger partial charge < -0.3 is 19.7 Å². The van der Waals surface area contributed by atoms with Gasteiger partial charge in [-0.25, -0.2) is 0 Å². The molecule has 2 aliphatic heterocycles. The number of hydrogen-bond donors (Lipinski definition) is 1. The van der Waals surface area contributed by atoms with E-state index in [2.05, 4.69) is 15.0 Å². The highest BCUT2D eigenvalue weighted by atomic mass is 16.7. The third kappa shape index (κ3) is 7.31. The van der Waals surface area contributed by atoms with Gasteiger partial charge in [0.05, 0.1) is 0 Å². The van der Waals surface area contributed by atoms with Crippen LogP contribution >= 0.6 is 0 Å². The van der Waals surface area contributed by atoms with E-state index in [1.807, 2.05) is 6.92 Å². The van der Waals surface area contributed by atoms with E-state index in [1.165, 1.54) is 51.9 Å². The molecule has 0 spiro atoms. The van der Waals surface area contributed by atoms with Crippen molar-refractivity contribution >= 4 is 0 Å². The third-order valence-corrected chi connectivity index (χ3v) is 3.37. The van der Waals surface area contributed by atoms with Gasteiger partial charge in [-0.2, -0.15) is 0 Å². The number of rotatable bonds is 4. The molecule has 0 saturated carbocycles. The molecule has 0 aromatic rings. The van der Waals surface area contributed by atoms with Crippen molar-refractivity contribution in [2.75, 3.05) is 46.7 Å². The molecule has 110 valence electrons. The monoisotopic (exact) mass is 260 g/mol. The van der Waals surface area contributed by atoms with Gasteiger partial charge >= 0.3 is 0 Å². The Morgan fingerprint density at radius 3 is 2.22 bits per heavy atom. The highest BCUT2D eigenvalue weighted by Crippen LogP contribution is 2.17. The molecule has 0 amide bonds. The number of piperidine rings is 1. The number of nitrogens with zero attached hydrogens (tertiary/aromatic N) is 1. The zero-order valence-electron chi connectivity index (χ0n) is 11.4. The average Bonchev–Trinajstić information content (AvgIpc) is 2.92. The fourth-order valence-electron chi connectivity index (χ4n) is 2.45. The molecule has 0 atom stereocenters. The lowest BCUT2D eigenvalue weighted by molar-refractivity contribution is -0.0250. The van der Waals surface area contributed by atoms with E-state index in [9.17, 15) is 0 Å². The molecular formula is C14H32N2O2. The second-order valence-electron chi connectivity index (χ2n) is 4.62. The second-order valence-corrected chi connectivity index (χ2v) is 4.62. The summed E-state index contributed by atoms with van der Waals surface area (Å²) in [5, 5.41) is 3.41. The van der Waals surface area contributed by atoms with E-state index in [1.54, 1.807) is 7.11 Å². The zero-order valence-corrected chi connectivity index (χ0v) is 11.4. The van der Waals surface area contributed by atoms with Gasteiger partial charge in [0.25, 0.3) is 0 Å². The van der Waals surface area contributed by atoms with Crippen molar-refractivity contribution in [1.82, 2.24) is 10.2 Å². The van der Waals surface area contributed by atoms with Gasteiger partial charge in [-0.05, 0) is 58.8 Å². The predicted molar refractivity (Wildman–Crippen MR) is 76.9 cm³/mol. The molecule has 2 heterocycles. The lowest BCUT2D eigenvalue weighted by Gasteiger charge is -2.31. The summed E-state index contributed by atoms with van der Waals surface area (Å²) in [6, 6.07) is 0.916. The first kappa shape index (κ1) is 17.8. The normalized spacial score (nSPS) is 21.0. The largest absolute Gasteiger partial charge is 0.359 e. The first-order valence-electron chi connectivity index (χ1n) is 6.90. The smallest absolute Gasteiger partial charge is 0.146 e. The van der Waals surface area contributed by atoms with Gasteiger partial charge in [0, 0.05) is 19.8 Å². The zero-order chi connectivity index (χ0) is 12.3. The molecule has 18 heavy (non-hydrogen) atoms. The molecule has 1 N–H and O–H groups in total. The van der Waals surface area contributed by atoms with Crippen molar-refractivity contribution in [3.8, 4) is 0 Å². The summed E-state index contributed by atoms with van der Waals surface area (Å²) in [6.07, 6.45) is 5.62. The Hall–Kier alpha value is -0.160. The molecule has 0 aromatic carbocycles. The standard InChI is InChI=1S/C9H18N2.C4H10O2.CH4/c1-2-8-11(7-1)9-3-5-10-6-4-9;1-3-6-4-5-2;/h9-10H,1-8H2;3-4H2,1-2H3;1H4. The maximum atomic E-state index is 4.76. The molecule has 0 unspecified atom stereocenters. The van der Waals surface area contributed by atoms with Gasteiger partial charge in [-0.15, -0.1) is 0 Å². The number of nitrogens with one attached hydrogen (secondary N) is 1. The van der Waals surface area contributed by atoms with Crippen molar-refractivity contribution in [3.05, 3.63) is 0 Å². The summed E-state index contributed by atoms with van der Waals surface area (Å²) in [5.74, 6) is 0. The topological polar surface area (TPSA) is 33.7 Å². The molecule has 0 radical (unpaired) electrons. The van der Waals surface area contributed by atoms with Crippen molar-refractivity contribution < 1.29 is 9.47 Å². The second kappa shape index (κ2) is 11.9. The molecule has 2 fully saturated rings. The molecule has 4 heteroatoms. The third-order valence-electron chi connectivity index (χ3n) is 3.37. The van der Waals surface area contributed by atoms with Crippen LogP contribution in [0.2, 0.25) is 0 Å². The highest BCUT2D eigenvalue weighted by Gasteiger charge is 2.22. The van der Waals surface area contributed by atoms with Crippen LogP contribution in [0.25, 0.3) is 0 Å². The molecule has 4 nitrogen and oxygen atoms in total. The van der Waals surface area contributed by atoms with Crippen LogP contribution in [0.15, 0.2) is 0 Å². The van der Waals surface area contributed by atoms with Gasteiger partial charge in [0.2, 0.25) is 0 Å². The van der Waals surface area contributed by atoms with Crippen molar-refractivity contribution in [3.63, 3.8) is 0 Å². The van der Waals surface area contributed by atoms with Crippen molar-refractivity contribution in [1.29, 1.82) is 0 Å². The molecule has 0 aliphatic carbocycles. The molecule has 0 bridgehead atoms. The van der Waals surface area contributed by atoms with E-state index in [0.717, 1.165) is 12.6 Å². The van der Waals surface area contributed by atoms with E-state index < -0.39 is 0 Å². The van der Waals surface area contributed by atoms with E-state index in [0.29, 0.717) is 6.79 Å². The molecule has 0 aromatic heterocycles. The van der Waals surface area contributed by atoms with E-state index in [-0.39, 0.29) is 7.43 Å². The van der Waals surface area contributed by atoms with Gasteiger partial charge in [-0.3, -0.25) is 0 Å². The van der Waals surface area contributed by atoms with Crippen LogP contribution in [-0.2, 0) is 9.47 Å². The lowest BCUT2D eigenvalue weighted by Crippen LogP contribution is -2.41. The Bertz CT molecular complexity index is 163. The Labute approximate surface area is 113 Å². The minimum Gasteiger partial charge on any atom is -0.359 e. The quantitative estimate of drug-likeness (QED) is 0.620. The summed E-state index contributed by atoms with van der Waals surface area (Å²) < 4.78 is 9.32. The minimum absolute atomic E-state index is 0. The fraction of sp³-hybridized carbons (Fsp3) is 1.00. The van der Waals surface area contributed by atoms with Crippen molar-refractivity contribution in [2.45, 2.75) is 46.1 Å². The van der Waals surface area contributed by atoms with Gasteiger partial charge in [-0.1, -0.05) is 7.43 Å². The maximum Gasteiger partial charge on any atom is 0.146 e. The van der Waals surface area contributed by atoms with Crippen molar-refractivity contribution in [2.24, 2.45) is 0 Å². The number of likely N-dealkylation sites (tertiary alicyclic amines) is 1. The van der Waals surface area contributed by atoms with E-state index >= 15 is 0 Å². The first-order valence-corrected chi connectivity index (χ1v) is 6.90. The van der Waals surface area contributed by atoms with Gasteiger partial charge in [0.1, 0.15) is 6.79 Å². The van der Waals surface area contributed by atoms with Crippen LogP contribution in [-0.4, -0.2) is 57.6 Å². The van der Waals surface area contributed by atoms with Crippen LogP contribution in [0.5, 0.6) is 0 Å². The summed E-state index contributed by atoms with van der Waals surface area (Å²) in [7, 11) is 1.61. The first-order chi connectivity index (χ1) is 8.38. The Morgan fingerprint density at radius 2 is 1.78 bits per heavy atom. The molecule has 2 rings (SSSR count). The maximum absolute atomic E-state index is 4.76. The Balaban J connectivity index is 0.000000362. The molecule has 2 saturated heterocycles. The summed E-state index contributed by atoms with van der Waals surface area (Å²) in [5.41, 5.74) is 0. The Kier molecular flexibility index (Phi) is 11.8. The average molecular weight is 260 g/mol. The summed E-state index contributed by atoms with van der Waals surface area (Å²) >= 11 is 0. The fourth-order valence-corrected chi connectivity index (χ4v) is 2.45. The molecule has 2 aliphatic rings. The van der Waals surface area contributed by atoms with Crippen LogP contribution in [0, 0.1) is 0 Å². The Morgan fingerprint density at radius 1 is 1.17 bits per heavy atom. The molecular weight excluding hydrogens is 228 g/mol. The SMILES string of the molecule is C.C1CCN(C2CCNCC2)C1.CCOCOC. The van der Waals surface area contributed by atoms with Crippen LogP contribution in [0.1, 0.15) is 40.0 Å². The number of ether oxygens (including phenoxy) is 2. The lowest BCUT2D eigenvalue weighted by atomic mass is 10.1. The minimum atomic E-state index is 0. The number of methoxy groups -OCH3 is 1. The van der Waals surface area contributed by atoms with Crippen LogP contribution in [0.4, 0.5) is 0 Å². The predicted octanol–water partition coefficient (Wildman–Crippen LogP) is 2.10. The highest BCUT2D eigenvalue weighted by molar-refractivity contribution is 4.80. The van der Waals surface area contributed by atoms with E-state index in [4.69, 9.17) is 4.74 Å². The summed E-state index contributed by atoms with van der Waals surface area (Å²) in [6.45, 7) is 8.28. The van der Waals surface area contributed by atoms with Crippen LogP contribution < -0.4 is 5.32 Å².